The van der Waals surface area contributed by atoms with Crippen molar-refractivity contribution in [2.24, 2.45) is 7.05 Å². The Kier molecular flexibility index (Phi) is 2.99. The van der Waals surface area contributed by atoms with Crippen molar-refractivity contribution in [3.05, 3.63) is 30.2 Å². The lowest BCUT2D eigenvalue weighted by Gasteiger charge is -2.07. The number of carbonyl (C=O) groups is 1. The van der Waals surface area contributed by atoms with E-state index in [1.54, 1.807) is 31.7 Å². The summed E-state index contributed by atoms with van der Waals surface area (Å²) >= 11 is 0. The third-order valence-corrected chi connectivity index (χ3v) is 2.11. The molecule has 0 aliphatic rings. The van der Waals surface area contributed by atoms with Crippen LogP contribution < -0.4 is 10.6 Å². The van der Waals surface area contributed by atoms with Crippen LogP contribution in [0.2, 0.25) is 0 Å². The zero-order valence-electron chi connectivity index (χ0n) is 9.51. The highest BCUT2D eigenvalue weighted by Crippen LogP contribution is 2.11. The minimum Gasteiger partial charge on any atom is -0.307 e. The van der Waals surface area contributed by atoms with E-state index in [1.807, 2.05) is 6.92 Å². The molecule has 0 fully saturated rings. The molecule has 0 aromatic carbocycles. The molecule has 2 heterocycles. The van der Waals surface area contributed by atoms with Crippen LogP contribution >= 0.6 is 0 Å². The van der Waals surface area contributed by atoms with Gasteiger partial charge in [0.2, 0.25) is 0 Å². The van der Waals surface area contributed by atoms with Gasteiger partial charge in [-0.2, -0.15) is 0 Å². The van der Waals surface area contributed by atoms with Crippen LogP contribution in [0.5, 0.6) is 0 Å². The first-order valence-corrected chi connectivity index (χ1v) is 5.00. The third-order valence-electron chi connectivity index (χ3n) is 2.11. The average molecular weight is 232 g/mol. The number of aromatic nitrogens is 4. The summed E-state index contributed by atoms with van der Waals surface area (Å²) in [6.07, 6.45) is 4.90. The van der Waals surface area contributed by atoms with Crippen molar-refractivity contribution in [3.63, 3.8) is 0 Å². The van der Waals surface area contributed by atoms with Crippen LogP contribution in [0.25, 0.3) is 0 Å². The van der Waals surface area contributed by atoms with Crippen LogP contribution in [0, 0.1) is 6.92 Å². The van der Waals surface area contributed by atoms with Gasteiger partial charge < -0.3 is 5.32 Å². The van der Waals surface area contributed by atoms with Crippen LogP contribution in [0.4, 0.5) is 16.3 Å². The van der Waals surface area contributed by atoms with Gasteiger partial charge >= 0.3 is 6.03 Å². The number of hydrogen-bond acceptors (Lipinski definition) is 4. The Labute approximate surface area is 97.9 Å². The minimum atomic E-state index is -0.361. The molecular formula is C10H12N6O. The number of urea groups is 1. The van der Waals surface area contributed by atoms with Crippen LogP contribution in [0.15, 0.2) is 24.7 Å². The van der Waals surface area contributed by atoms with Gasteiger partial charge in [0.25, 0.3) is 0 Å². The molecule has 2 aromatic rings. The first kappa shape index (κ1) is 11.1. The second-order valence-corrected chi connectivity index (χ2v) is 3.55. The summed E-state index contributed by atoms with van der Waals surface area (Å²) in [4.78, 5) is 15.6. The molecule has 0 radical (unpaired) electrons. The smallest absolute Gasteiger partial charge is 0.307 e. The molecule has 7 nitrogen and oxygen atoms in total. The quantitative estimate of drug-likeness (QED) is 0.813. The number of anilines is 2. The molecule has 0 saturated carbocycles. The van der Waals surface area contributed by atoms with Crippen molar-refractivity contribution in [3.8, 4) is 0 Å². The summed E-state index contributed by atoms with van der Waals surface area (Å²) in [5.74, 6) is 0.400. The summed E-state index contributed by atoms with van der Waals surface area (Å²) in [5.41, 5.74) is 1.60. The first-order chi connectivity index (χ1) is 8.15. The maximum atomic E-state index is 11.6. The molecule has 0 bridgehead atoms. The lowest BCUT2D eigenvalue weighted by Crippen LogP contribution is -2.20. The molecule has 0 aliphatic heterocycles. The monoisotopic (exact) mass is 232 g/mol. The zero-order valence-corrected chi connectivity index (χ0v) is 9.51. The molecule has 0 saturated heterocycles. The molecule has 0 aliphatic carbocycles. The Morgan fingerprint density at radius 1 is 1.41 bits per heavy atom. The Balaban J connectivity index is 2.01. The fourth-order valence-corrected chi connectivity index (χ4v) is 1.29. The molecule has 7 heteroatoms. The molecule has 2 N–H and O–H groups in total. The van der Waals surface area contributed by atoms with Crippen molar-refractivity contribution in [2.75, 3.05) is 10.6 Å². The normalized spacial score (nSPS) is 10.0. The number of hydrogen-bond donors (Lipinski definition) is 2. The number of carbonyl (C=O) groups excluding carboxylic acids is 1. The molecule has 88 valence electrons. The zero-order chi connectivity index (χ0) is 12.3. The van der Waals surface area contributed by atoms with E-state index < -0.39 is 0 Å². The minimum absolute atomic E-state index is 0.361. The number of nitrogens with one attached hydrogen (secondary N) is 2. The molecule has 2 rings (SSSR count). The van der Waals surface area contributed by atoms with Gasteiger partial charge in [0, 0.05) is 25.1 Å². The van der Waals surface area contributed by atoms with E-state index in [4.69, 9.17) is 0 Å². The molecular weight excluding hydrogens is 220 g/mol. The maximum Gasteiger partial charge on any atom is 0.324 e. The first-order valence-electron chi connectivity index (χ1n) is 5.00. The third kappa shape index (κ3) is 2.77. The fourth-order valence-electron chi connectivity index (χ4n) is 1.29. The Morgan fingerprint density at radius 2 is 2.24 bits per heavy atom. The Hall–Kier alpha value is -2.44. The summed E-state index contributed by atoms with van der Waals surface area (Å²) in [5, 5.41) is 12.7. The molecule has 2 aromatic heterocycles. The summed E-state index contributed by atoms with van der Waals surface area (Å²) < 4.78 is 1.51. The highest BCUT2D eigenvalue weighted by molar-refractivity contribution is 5.99. The number of nitrogens with zero attached hydrogens (tertiary/aromatic N) is 4. The van der Waals surface area contributed by atoms with Crippen LogP contribution in [0.1, 0.15) is 5.56 Å². The predicted octanol–water partition coefficient (Wildman–Crippen LogP) is 1.16. The molecule has 2 amide bonds. The topological polar surface area (TPSA) is 84.7 Å². The van der Waals surface area contributed by atoms with Crippen molar-refractivity contribution in [1.29, 1.82) is 0 Å². The second-order valence-electron chi connectivity index (χ2n) is 3.55. The predicted molar refractivity (Wildman–Crippen MR) is 62.6 cm³/mol. The van der Waals surface area contributed by atoms with Gasteiger partial charge in [-0.3, -0.25) is 15.0 Å². The highest BCUT2D eigenvalue weighted by Gasteiger charge is 2.06. The Morgan fingerprint density at radius 3 is 2.88 bits per heavy atom. The molecule has 0 unspecified atom stereocenters. The average Bonchev–Trinajstić information content (AvgIpc) is 2.67. The van der Waals surface area contributed by atoms with Crippen molar-refractivity contribution in [2.45, 2.75) is 6.92 Å². The number of aryl methyl sites for hydroxylation is 2. The van der Waals surface area contributed by atoms with Crippen LogP contribution in [-0.2, 0) is 7.05 Å². The van der Waals surface area contributed by atoms with Gasteiger partial charge in [0.1, 0.15) is 0 Å². The molecule has 0 atom stereocenters. The standard InChI is InChI=1S/C10H12N6O/c1-7-5-11-4-3-8(7)12-10(17)13-9-6-16(2)15-14-9/h3-6H,1-2H3,(H2,11,12,13,17). The van der Waals surface area contributed by atoms with Gasteiger partial charge in [0.05, 0.1) is 6.20 Å². The van der Waals surface area contributed by atoms with Gasteiger partial charge in [0.15, 0.2) is 5.82 Å². The van der Waals surface area contributed by atoms with Crippen LogP contribution in [-0.4, -0.2) is 26.0 Å². The lowest BCUT2D eigenvalue weighted by atomic mass is 10.2. The van der Waals surface area contributed by atoms with Gasteiger partial charge in [-0.15, -0.1) is 5.10 Å². The molecule has 17 heavy (non-hydrogen) atoms. The second kappa shape index (κ2) is 4.60. The SMILES string of the molecule is Cc1cnccc1NC(=O)Nc1cn(C)nn1. The van der Waals surface area contributed by atoms with E-state index >= 15 is 0 Å². The number of rotatable bonds is 2. The van der Waals surface area contributed by atoms with Crippen molar-refractivity contribution >= 4 is 17.5 Å². The van der Waals surface area contributed by atoms with E-state index in [2.05, 4.69) is 25.9 Å². The van der Waals surface area contributed by atoms with E-state index in [9.17, 15) is 4.79 Å². The van der Waals surface area contributed by atoms with E-state index in [0.717, 1.165) is 5.56 Å². The van der Waals surface area contributed by atoms with Crippen molar-refractivity contribution in [1.82, 2.24) is 20.0 Å². The van der Waals surface area contributed by atoms with Gasteiger partial charge in [-0.05, 0) is 18.6 Å². The van der Waals surface area contributed by atoms with E-state index in [1.165, 1.54) is 4.68 Å². The molecule has 0 spiro atoms. The van der Waals surface area contributed by atoms with Gasteiger partial charge in [-0.1, -0.05) is 5.21 Å². The summed E-state index contributed by atoms with van der Waals surface area (Å²) in [7, 11) is 1.73. The number of amides is 2. The van der Waals surface area contributed by atoms with Crippen molar-refractivity contribution < 1.29 is 4.79 Å². The van der Waals surface area contributed by atoms with Gasteiger partial charge in [-0.25, -0.2) is 4.79 Å². The Bertz CT molecular complexity index is 535. The largest absolute Gasteiger partial charge is 0.324 e. The summed E-state index contributed by atoms with van der Waals surface area (Å²) in [6, 6.07) is 1.37. The number of pyridine rings is 1. The summed E-state index contributed by atoms with van der Waals surface area (Å²) in [6.45, 7) is 1.87. The highest BCUT2D eigenvalue weighted by atomic mass is 16.2. The maximum absolute atomic E-state index is 11.6. The fraction of sp³-hybridized carbons (Fsp3) is 0.200. The van der Waals surface area contributed by atoms with E-state index in [0.29, 0.717) is 11.5 Å². The van der Waals surface area contributed by atoms with Crippen LogP contribution in [0.3, 0.4) is 0 Å². The lowest BCUT2D eigenvalue weighted by molar-refractivity contribution is 0.262. The van der Waals surface area contributed by atoms with E-state index in [-0.39, 0.29) is 6.03 Å².